The zero-order valence-corrected chi connectivity index (χ0v) is 12.2. The van der Waals surface area contributed by atoms with Gasteiger partial charge in [0.15, 0.2) is 0 Å². The molecule has 114 valence electrons. The Kier molecular flexibility index (Phi) is 4.06. The highest BCUT2D eigenvalue weighted by Gasteiger charge is 2.35. The summed E-state index contributed by atoms with van der Waals surface area (Å²) in [5.74, 6) is -0.580. The molecule has 0 aliphatic carbocycles. The fourth-order valence-electron chi connectivity index (χ4n) is 2.88. The second-order valence-electron chi connectivity index (χ2n) is 5.42. The maximum atomic E-state index is 12.3. The lowest BCUT2D eigenvalue weighted by atomic mass is 10.1. The van der Waals surface area contributed by atoms with Gasteiger partial charge in [0.1, 0.15) is 0 Å². The van der Waals surface area contributed by atoms with Crippen molar-refractivity contribution in [2.45, 2.75) is 6.42 Å². The molecule has 1 fully saturated rings. The third-order valence-corrected chi connectivity index (χ3v) is 3.96. The van der Waals surface area contributed by atoms with Crippen LogP contribution in [0.15, 0.2) is 42.5 Å². The van der Waals surface area contributed by atoms with Gasteiger partial charge in [-0.25, -0.2) is 0 Å². The molecule has 0 bridgehead atoms. The van der Waals surface area contributed by atoms with Crippen LogP contribution in [-0.2, 0) is 9.59 Å². The van der Waals surface area contributed by atoms with Gasteiger partial charge in [0, 0.05) is 24.9 Å². The van der Waals surface area contributed by atoms with E-state index in [0.717, 1.165) is 16.5 Å². The first kappa shape index (κ1) is 14.5. The van der Waals surface area contributed by atoms with E-state index < -0.39 is 0 Å². The molecule has 0 spiro atoms. The summed E-state index contributed by atoms with van der Waals surface area (Å²) in [6, 6.07) is 13.7. The third kappa shape index (κ3) is 2.67. The van der Waals surface area contributed by atoms with E-state index >= 15 is 0 Å². The van der Waals surface area contributed by atoms with Gasteiger partial charge in [-0.3, -0.25) is 9.59 Å². The maximum absolute atomic E-state index is 12.3. The van der Waals surface area contributed by atoms with Crippen molar-refractivity contribution in [2.24, 2.45) is 5.92 Å². The van der Waals surface area contributed by atoms with E-state index in [4.69, 9.17) is 5.11 Å². The molecule has 5 heteroatoms. The van der Waals surface area contributed by atoms with Gasteiger partial charge in [0.2, 0.25) is 11.8 Å². The predicted molar refractivity (Wildman–Crippen MR) is 84.5 cm³/mol. The summed E-state index contributed by atoms with van der Waals surface area (Å²) >= 11 is 0. The van der Waals surface area contributed by atoms with E-state index in [1.165, 1.54) is 0 Å². The number of hydrogen-bond donors (Lipinski definition) is 2. The molecule has 3 rings (SSSR count). The summed E-state index contributed by atoms with van der Waals surface area (Å²) in [5.41, 5.74) is 0.848. The standard InChI is InChI=1S/C17H18N2O3/c20-9-8-18-17(22)13-10-16(21)19(11-13)15-7-3-5-12-4-1-2-6-14(12)15/h1-7,13,20H,8-11H2,(H,18,22). The fraction of sp³-hybridized carbons (Fsp3) is 0.294. The Morgan fingerprint density at radius 3 is 2.82 bits per heavy atom. The lowest BCUT2D eigenvalue weighted by molar-refractivity contribution is -0.126. The third-order valence-electron chi connectivity index (χ3n) is 3.96. The van der Waals surface area contributed by atoms with E-state index in [9.17, 15) is 9.59 Å². The van der Waals surface area contributed by atoms with Crippen LogP contribution in [0.2, 0.25) is 0 Å². The summed E-state index contributed by atoms with van der Waals surface area (Å²) in [7, 11) is 0. The molecule has 0 radical (unpaired) electrons. The minimum atomic E-state index is -0.363. The maximum Gasteiger partial charge on any atom is 0.227 e. The number of benzene rings is 2. The zero-order chi connectivity index (χ0) is 15.5. The minimum absolute atomic E-state index is 0.0412. The minimum Gasteiger partial charge on any atom is -0.395 e. The highest BCUT2D eigenvalue weighted by Crippen LogP contribution is 2.31. The Labute approximate surface area is 128 Å². The van der Waals surface area contributed by atoms with Gasteiger partial charge in [-0.05, 0) is 11.5 Å². The molecule has 2 aromatic carbocycles. The quantitative estimate of drug-likeness (QED) is 0.894. The predicted octanol–water partition coefficient (Wildman–Crippen LogP) is 1.30. The molecule has 22 heavy (non-hydrogen) atoms. The summed E-state index contributed by atoms with van der Waals surface area (Å²) < 4.78 is 0. The van der Waals surface area contributed by atoms with E-state index in [2.05, 4.69) is 5.32 Å². The SMILES string of the molecule is O=C(NCCO)C1CC(=O)N(c2cccc3ccccc23)C1. The number of amides is 2. The average molecular weight is 298 g/mol. The first-order chi connectivity index (χ1) is 10.7. The van der Waals surface area contributed by atoms with E-state index in [1.54, 1.807) is 4.90 Å². The molecule has 2 aromatic rings. The first-order valence-electron chi connectivity index (χ1n) is 7.37. The molecule has 1 aliphatic heterocycles. The molecule has 0 aromatic heterocycles. The molecular weight excluding hydrogens is 280 g/mol. The van der Waals surface area contributed by atoms with Crippen LogP contribution in [0.25, 0.3) is 10.8 Å². The number of fused-ring (bicyclic) bond motifs is 1. The number of anilines is 1. The average Bonchev–Trinajstić information content (AvgIpc) is 2.94. The molecule has 1 atom stereocenters. The Morgan fingerprint density at radius 1 is 1.23 bits per heavy atom. The van der Waals surface area contributed by atoms with Crippen LogP contribution in [-0.4, -0.2) is 36.6 Å². The highest BCUT2D eigenvalue weighted by molar-refractivity contribution is 6.06. The first-order valence-corrected chi connectivity index (χ1v) is 7.37. The Balaban J connectivity index is 1.86. The second-order valence-corrected chi connectivity index (χ2v) is 5.42. The smallest absolute Gasteiger partial charge is 0.227 e. The van der Waals surface area contributed by atoms with Crippen LogP contribution in [0.5, 0.6) is 0 Å². The van der Waals surface area contributed by atoms with Crippen molar-refractivity contribution in [3.63, 3.8) is 0 Å². The number of carbonyl (C=O) groups is 2. The van der Waals surface area contributed by atoms with Crippen LogP contribution < -0.4 is 10.2 Å². The highest BCUT2D eigenvalue weighted by atomic mass is 16.3. The molecule has 1 aliphatic rings. The van der Waals surface area contributed by atoms with Gasteiger partial charge < -0.3 is 15.3 Å². The molecule has 0 saturated carbocycles. The second kappa shape index (κ2) is 6.15. The number of aliphatic hydroxyl groups excluding tert-OH is 1. The van der Waals surface area contributed by atoms with Crippen LogP contribution in [0, 0.1) is 5.92 Å². The van der Waals surface area contributed by atoms with E-state index in [-0.39, 0.29) is 37.3 Å². The van der Waals surface area contributed by atoms with Gasteiger partial charge in [0.05, 0.1) is 18.2 Å². The van der Waals surface area contributed by atoms with Crippen LogP contribution in [0.4, 0.5) is 5.69 Å². The molecule has 2 amide bonds. The van der Waals surface area contributed by atoms with Gasteiger partial charge in [-0.2, -0.15) is 0 Å². The van der Waals surface area contributed by atoms with Crippen molar-refractivity contribution in [3.05, 3.63) is 42.5 Å². The zero-order valence-electron chi connectivity index (χ0n) is 12.2. The van der Waals surface area contributed by atoms with Crippen molar-refractivity contribution >= 4 is 28.3 Å². The number of carbonyl (C=O) groups excluding carboxylic acids is 2. The summed E-state index contributed by atoms with van der Waals surface area (Å²) in [6.45, 7) is 0.501. The lowest BCUT2D eigenvalue weighted by Gasteiger charge is -2.19. The molecular formula is C17H18N2O3. The van der Waals surface area contributed by atoms with Crippen molar-refractivity contribution < 1.29 is 14.7 Å². The van der Waals surface area contributed by atoms with Gasteiger partial charge in [-0.15, -0.1) is 0 Å². The van der Waals surface area contributed by atoms with Gasteiger partial charge in [-0.1, -0.05) is 36.4 Å². The number of hydrogen-bond acceptors (Lipinski definition) is 3. The summed E-state index contributed by atoms with van der Waals surface area (Å²) in [6.07, 6.45) is 0.209. The Morgan fingerprint density at radius 2 is 2.00 bits per heavy atom. The number of rotatable bonds is 4. The molecule has 5 nitrogen and oxygen atoms in total. The van der Waals surface area contributed by atoms with Crippen molar-refractivity contribution in [2.75, 3.05) is 24.6 Å². The number of aliphatic hydroxyl groups is 1. The van der Waals surface area contributed by atoms with E-state index in [0.29, 0.717) is 6.54 Å². The largest absolute Gasteiger partial charge is 0.395 e. The molecule has 1 unspecified atom stereocenters. The monoisotopic (exact) mass is 298 g/mol. The van der Waals surface area contributed by atoms with Crippen molar-refractivity contribution in [1.82, 2.24) is 5.32 Å². The topological polar surface area (TPSA) is 69.6 Å². The van der Waals surface area contributed by atoms with Gasteiger partial charge in [0.25, 0.3) is 0 Å². The summed E-state index contributed by atoms with van der Waals surface area (Å²) in [5, 5.41) is 13.5. The van der Waals surface area contributed by atoms with Crippen molar-refractivity contribution in [1.29, 1.82) is 0 Å². The number of nitrogens with one attached hydrogen (secondary N) is 1. The Hall–Kier alpha value is -2.40. The van der Waals surface area contributed by atoms with Crippen LogP contribution in [0.1, 0.15) is 6.42 Å². The van der Waals surface area contributed by atoms with Gasteiger partial charge >= 0.3 is 0 Å². The van der Waals surface area contributed by atoms with Crippen LogP contribution >= 0.6 is 0 Å². The van der Waals surface area contributed by atoms with Crippen LogP contribution in [0.3, 0.4) is 0 Å². The Bertz CT molecular complexity index is 709. The molecule has 1 saturated heterocycles. The van der Waals surface area contributed by atoms with Crippen molar-refractivity contribution in [3.8, 4) is 0 Å². The number of nitrogens with zero attached hydrogens (tertiary/aromatic N) is 1. The molecule has 1 heterocycles. The fourth-order valence-corrected chi connectivity index (χ4v) is 2.88. The normalized spacial score (nSPS) is 18.0. The summed E-state index contributed by atoms with van der Waals surface area (Å²) in [4.78, 5) is 26.0. The van der Waals surface area contributed by atoms with E-state index in [1.807, 2.05) is 42.5 Å². The lowest BCUT2D eigenvalue weighted by Crippen LogP contribution is -2.34. The molecule has 2 N–H and O–H groups in total.